The van der Waals surface area contributed by atoms with E-state index in [9.17, 15) is 18.0 Å². The predicted octanol–water partition coefficient (Wildman–Crippen LogP) is 4.65. The fraction of sp³-hybridized carbons (Fsp3) is 0.417. The van der Waals surface area contributed by atoms with E-state index in [4.69, 9.17) is 11.6 Å². The number of ether oxygens (including phenoxy) is 1. The van der Waals surface area contributed by atoms with Crippen LogP contribution in [0.4, 0.5) is 13.2 Å². The van der Waals surface area contributed by atoms with Gasteiger partial charge >= 0.3 is 12.1 Å². The van der Waals surface area contributed by atoms with Gasteiger partial charge in [-0.15, -0.1) is 11.8 Å². The minimum absolute atomic E-state index is 0.0595. The number of esters is 1. The molecule has 19 heavy (non-hydrogen) atoms. The molecule has 0 bridgehead atoms. The van der Waals surface area contributed by atoms with Gasteiger partial charge in [-0.1, -0.05) is 18.5 Å². The van der Waals surface area contributed by atoms with Crippen LogP contribution in [0.15, 0.2) is 17.0 Å². The molecular formula is C12H12ClF3O2S. The van der Waals surface area contributed by atoms with Gasteiger partial charge in [0.15, 0.2) is 0 Å². The maximum atomic E-state index is 12.9. The SMILES string of the molecule is CCCSc1c(C(F)(F)F)ccc(C(=O)OC)c1Cl. The highest BCUT2D eigenvalue weighted by Crippen LogP contribution is 2.42. The molecule has 0 radical (unpaired) electrons. The van der Waals surface area contributed by atoms with Gasteiger partial charge in [-0.05, 0) is 24.3 Å². The number of methoxy groups -OCH3 is 1. The molecule has 0 aliphatic carbocycles. The van der Waals surface area contributed by atoms with Crippen molar-refractivity contribution in [2.75, 3.05) is 12.9 Å². The number of halogens is 4. The van der Waals surface area contributed by atoms with Crippen molar-refractivity contribution in [1.82, 2.24) is 0 Å². The normalized spacial score (nSPS) is 11.5. The Morgan fingerprint density at radius 3 is 2.53 bits per heavy atom. The molecule has 0 N–H and O–H groups in total. The summed E-state index contributed by atoms with van der Waals surface area (Å²) in [6.45, 7) is 1.85. The van der Waals surface area contributed by atoms with Crippen LogP contribution in [0.1, 0.15) is 29.3 Å². The molecule has 0 amide bonds. The minimum atomic E-state index is -4.51. The smallest absolute Gasteiger partial charge is 0.417 e. The first-order chi connectivity index (χ1) is 8.82. The quantitative estimate of drug-likeness (QED) is 0.598. The van der Waals surface area contributed by atoms with Crippen LogP contribution in [0.5, 0.6) is 0 Å². The second-order valence-corrected chi connectivity index (χ2v) is 5.12. The van der Waals surface area contributed by atoms with E-state index in [1.165, 1.54) is 0 Å². The van der Waals surface area contributed by atoms with E-state index in [0.29, 0.717) is 12.2 Å². The summed E-state index contributed by atoms with van der Waals surface area (Å²) >= 11 is 6.89. The van der Waals surface area contributed by atoms with Crippen molar-refractivity contribution in [1.29, 1.82) is 0 Å². The molecule has 0 aliphatic rings. The lowest BCUT2D eigenvalue weighted by atomic mass is 10.1. The molecule has 0 fully saturated rings. The first kappa shape index (κ1) is 16.2. The average molecular weight is 313 g/mol. The fourth-order valence-electron chi connectivity index (χ4n) is 1.39. The van der Waals surface area contributed by atoms with Crippen LogP contribution in [0, 0.1) is 0 Å². The van der Waals surface area contributed by atoms with E-state index in [-0.39, 0.29) is 15.5 Å². The molecule has 1 aromatic carbocycles. The molecule has 0 spiro atoms. The largest absolute Gasteiger partial charge is 0.465 e. The van der Waals surface area contributed by atoms with E-state index in [0.717, 1.165) is 31.0 Å². The first-order valence-corrected chi connectivity index (χ1v) is 6.80. The van der Waals surface area contributed by atoms with Gasteiger partial charge in [0.25, 0.3) is 0 Å². The van der Waals surface area contributed by atoms with Crippen molar-refractivity contribution < 1.29 is 22.7 Å². The van der Waals surface area contributed by atoms with E-state index < -0.39 is 17.7 Å². The monoisotopic (exact) mass is 312 g/mol. The second kappa shape index (κ2) is 6.52. The summed E-state index contributed by atoms with van der Waals surface area (Å²) in [4.78, 5) is 11.3. The number of carbonyl (C=O) groups excluding carboxylic acids is 1. The molecule has 2 nitrogen and oxygen atoms in total. The first-order valence-electron chi connectivity index (χ1n) is 5.43. The molecule has 0 aliphatic heterocycles. The highest BCUT2D eigenvalue weighted by Gasteiger charge is 2.35. The molecule has 1 rings (SSSR count). The van der Waals surface area contributed by atoms with Crippen molar-refractivity contribution in [3.05, 3.63) is 28.3 Å². The van der Waals surface area contributed by atoms with Gasteiger partial charge in [0, 0.05) is 4.90 Å². The van der Waals surface area contributed by atoms with Crippen molar-refractivity contribution in [2.45, 2.75) is 24.4 Å². The number of carbonyl (C=O) groups is 1. The molecule has 0 atom stereocenters. The van der Waals surface area contributed by atoms with Gasteiger partial charge in [-0.25, -0.2) is 4.79 Å². The summed E-state index contributed by atoms with van der Waals surface area (Å²) in [6.07, 6.45) is -3.81. The average Bonchev–Trinajstić information content (AvgIpc) is 2.34. The molecular weight excluding hydrogens is 301 g/mol. The zero-order chi connectivity index (χ0) is 14.6. The molecule has 7 heteroatoms. The third kappa shape index (κ3) is 3.79. The Kier molecular flexibility index (Phi) is 5.55. The number of benzene rings is 1. The van der Waals surface area contributed by atoms with Gasteiger partial charge in [-0.2, -0.15) is 13.2 Å². The maximum absolute atomic E-state index is 12.9. The molecule has 0 heterocycles. The topological polar surface area (TPSA) is 26.3 Å². The maximum Gasteiger partial charge on any atom is 0.417 e. The van der Waals surface area contributed by atoms with Gasteiger partial charge < -0.3 is 4.74 Å². The summed E-state index contributed by atoms with van der Waals surface area (Å²) in [5.41, 5.74) is -0.889. The van der Waals surface area contributed by atoms with Gasteiger partial charge in [0.2, 0.25) is 0 Å². The number of hydrogen-bond acceptors (Lipinski definition) is 3. The lowest BCUT2D eigenvalue weighted by Crippen LogP contribution is -2.10. The summed E-state index contributed by atoms with van der Waals surface area (Å²) in [6, 6.07) is 1.89. The van der Waals surface area contributed by atoms with Crippen molar-refractivity contribution >= 4 is 29.3 Å². The summed E-state index contributed by atoms with van der Waals surface area (Å²) in [7, 11) is 1.15. The third-order valence-electron chi connectivity index (χ3n) is 2.26. The Labute approximate surface area is 118 Å². The van der Waals surface area contributed by atoms with Gasteiger partial charge in [0.05, 0.1) is 23.3 Å². The van der Waals surface area contributed by atoms with Crippen LogP contribution in [0.2, 0.25) is 5.02 Å². The summed E-state index contributed by atoms with van der Waals surface area (Å²) in [5, 5.41) is -0.208. The third-order valence-corrected chi connectivity index (χ3v) is 4.09. The summed E-state index contributed by atoms with van der Waals surface area (Å²) in [5.74, 6) is -0.273. The molecule has 1 aromatic rings. The van der Waals surface area contributed by atoms with E-state index in [1.54, 1.807) is 0 Å². The van der Waals surface area contributed by atoms with E-state index in [1.807, 2.05) is 6.92 Å². The van der Waals surface area contributed by atoms with Crippen molar-refractivity contribution in [3.8, 4) is 0 Å². The molecule has 0 saturated heterocycles. The minimum Gasteiger partial charge on any atom is -0.465 e. The molecule has 0 unspecified atom stereocenters. The van der Waals surface area contributed by atoms with Crippen LogP contribution >= 0.6 is 23.4 Å². The second-order valence-electron chi connectivity index (χ2n) is 3.64. The molecule has 106 valence electrons. The summed E-state index contributed by atoms with van der Waals surface area (Å²) < 4.78 is 43.1. The Hall–Kier alpha value is -0.880. The number of hydrogen-bond donors (Lipinski definition) is 0. The van der Waals surface area contributed by atoms with Crippen LogP contribution in [0.25, 0.3) is 0 Å². The highest BCUT2D eigenvalue weighted by atomic mass is 35.5. The van der Waals surface area contributed by atoms with Gasteiger partial charge in [-0.3, -0.25) is 0 Å². The Morgan fingerprint density at radius 1 is 1.42 bits per heavy atom. The van der Waals surface area contributed by atoms with Crippen LogP contribution in [0.3, 0.4) is 0 Å². The Balaban J connectivity index is 3.36. The van der Waals surface area contributed by atoms with Crippen LogP contribution < -0.4 is 0 Å². The number of thioether (sulfide) groups is 1. The van der Waals surface area contributed by atoms with Crippen molar-refractivity contribution in [3.63, 3.8) is 0 Å². The van der Waals surface area contributed by atoms with Gasteiger partial charge in [0.1, 0.15) is 0 Å². The molecule has 0 aromatic heterocycles. The Bertz CT molecular complexity index is 475. The molecule has 0 saturated carbocycles. The number of rotatable bonds is 4. The van der Waals surface area contributed by atoms with Crippen molar-refractivity contribution in [2.24, 2.45) is 0 Å². The highest BCUT2D eigenvalue weighted by molar-refractivity contribution is 7.99. The lowest BCUT2D eigenvalue weighted by Gasteiger charge is -2.15. The predicted molar refractivity (Wildman–Crippen MR) is 68.8 cm³/mol. The fourth-order valence-corrected chi connectivity index (χ4v) is 2.78. The standard InChI is InChI=1S/C12H12ClF3O2S/c1-3-6-19-10-8(12(14,15)16)5-4-7(9(10)13)11(17)18-2/h4-5H,3,6H2,1-2H3. The zero-order valence-electron chi connectivity index (χ0n) is 10.3. The Morgan fingerprint density at radius 2 is 2.05 bits per heavy atom. The number of alkyl halides is 3. The van der Waals surface area contributed by atoms with E-state index >= 15 is 0 Å². The zero-order valence-corrected chi connectivity index (χ0v) is 11.9. The van der Waals surface area contributed by atoms with Crippen LogP contribution in [-0.4, -0.2) is 18.8 Å². The van der Waals surface area contributed by atoms with E-state index in [2.05, 4.69) is 4.74 Å². The lowest BCUT2D eigenvalue weighted by molar-refractivity contribution is -0.139. The van der Waals surface area contributed by atoms with Crippen LogP contribution in [-0.2, 0) is 10.9 Å².